The minimum atomic E-state index is -1.32. The van der Waals surface area contributed by atoms with Gasteiger partial charge in [-0.25, -0.2) is 0 Å². The van der Waals surface area contributed by atoms with Crippen molar-refractivity contribution in [3.63, 3.8) is 0 Å². The molecule has 0 spiro atoms. The van der Waals surface area contributed by atoms with Gasteiger partial charge in [0, 0.05) is 0 Å². The fourth-order valence-electron chi connectivity index (χ4n) is 1.35. The zero-order chi connectivity index (χ0) is 9.90. The predicted octanol–water partition coefficient (Wildman–Crippen LogP) is 2.04. The summed E-state index contributed by atoms with van der Waals surface area (Å²) in [6.07, 6.45) is 1.51. The zero-order valence-electron chi connectivity index (χ0n) is 8.28. The van der Waals surface area contributed by atoms with Crippen molar-refractivity contribution in [3.8, 4) is 0 Å². The highest BCUT2D eigenvalue weighted by Crippen LogP contribution is 2.05. The van der Waals surface area contributed by atoms with Gasteiger partial charge < -0.3 is 5.21 Å². The van der Waals surface area contributed by atoms with Gasteiger partial charge in [0.25, 0.3) is 0 Å². The fraction of sp³-hybridized carbons (Fsp3) is 0.300. The number of nitrogens with zero attached hydrogens (tertiary/aromatic N) is 1. The molecule has 0 saturated heterocycles. The van der Waals surface area contributed by atoms with Gasteiger partial charge in [-0.2, -0.15) is 0 Å². The molecule has 1 N–H and O–H groups in total. The lowest BCUT2D eigenvalue weighted by atomic mass is 10.2. The van der Waals surface area contributed by atoms with Crippen molar-refractivity contribution in [1.82, 2.24) is 0 Å². The molecule has 70 valence electrons. The normalized spacial score (nSPS) is 12.2. The van der Waals surface area contributed by atoms with Crippen molar-refractivity contribution < 1.29 is 5.21 Å². The molecule has 0 aliphatic heterocycles. The molecule has 0 unspecified atom stereocenters. The molecule has 2 nitrogen and oxygen atoms in total. The van der Waals surface area contributed by atoms with Crippen LogP contribution in [0.3, 0.4) is 0 Å². The van der Waals surface area contributed by atoms with Gasteiger partial charge >= 0.3 is 0 Å². The molecule has 0 heterocycles. The van der Waals surface area contributed by atoms with Crippen LogP contribution >= 0.6 is 0 Å². The van der Waals surface area contributed by atoms with E-state index in [4.69, 9.17) is 5.21 Å². The van der Waals surface area contributed by atoms with Gasteiger partial charge in [-0.3, -0.25) is 0 Å². The van der Waals surface area contributed by atoms with Crippen LogP contribution < -0.4 is 5.19 Å². The topological polar surface area (TPSA) is 32.6 Å². The smallest absolute Gasteiger partial charge is 0.0784 e. The molecule has 0 radical (unpaired) electrons. The number of benzene rings is 1. The van der Waals surface area contributed by atoms with Gasteiger partial charge in [0.1, 0.15) is 0 Å². The summed E-state index contributed by atoms with van der Waals surface area (Å²) in [5.74, 6) is 0. The first-order valence-electron chi connectivity index (χ1n) is 4.32. The average molecular weight is 193 g/mol. The molecule has 0 aromatic heterocycles. The molecule has 0 bridgehead atoms. The van der Waals surface area contributed by atoms with Crippen molar-refractivity contribution >= 4 is 19.5 Å². The summed E-state index contributed by atoms with van der Waals surface area (Å²) < 4.78 is 0. The molecule has 0 aliphatic carbocycles. The van der Waals surface area contributed by atoms with E-state index in [0.717, 1.165) is 5.56 Å². The van der Waals surface area contributed by atoms with Crippen LogP contribution in [0.1, 0.15) is 5.56 Å². The second-order valence-electron chi connectivity index (χ2n) is 4.08. The largest absolute Gasteiger partial charge is 0.411 e. The molecule has 0 aliphatic rings. The first kappa shape index (κ1) is 9.99. The molecule has 3 heteroatoms. The number of hydrogen-bond donors (Lipinski definition) is 1. The number of oxime groups is 1. The van der Waals surface area contributed by atoms with Gasteiger partial charge in [-0.1, -0.05) is 54.2 Å². The van der Waals surface area contributed by atoms with Gasteiger partial charge in [0.15, 0.2) is 0 Å². The van der Waals surface area contributed by atoms with E-state index < -0.39 is 8.07 Å². The van der Waals surface area contributed by atoms with E-state index >= 15 is 0 Å². The third kappa shape index (κ3) is 2.42. The van der Waals surface area contributed by atoms with Crippen LogP contribution in [0.15, 0.2) is 29.4 Å². The Balaban J connectivity index is 3.20. The van der Waals surface area contributed by atoms with E-state index in [-0.39, 0.29) is 0 Å². The van der Waals surface area contributed by atoms with Crippen LogP contribution in [-0.4, -0.2) is 19.5 Å². The first-order valence-corrected chi connectivity index (χ1v) is 7.82. The highest BCUT2D eigenvalue weighted by atomic mass is 28.3. The molecule has 0 fully saturated rings. The third-order valence-electron chi connectivity index (χ3n) is 1.97. The standard InChI is InChI=1S/C10H15NOSi/c1-13(2,3)10-7-5-4-6-9(10)8-11-12/h4-8,12H,1-3H3/b11-8-. The lowest BCUT2D eigenvalue weighted by Gasteiger charge is -2.18. The molecule has 0 atom stereocenters. The van der Waals surface area contributed by atoms with E-state index in [9.17, 15) is 0 Å². The van der Waals surface area contributed by atoms with Crippen LogP contribution in [0.25, 0.3) is 0 Å². The van der Waals surface area contributed by atoms with Gasteiger partial charge in [-0.15, -0.1) is 0 Å². The van der Waals surface area contributed by atoms with Crippen molar-refractivity contribution in [2.75, 3.05) is 0 Å². The molecule has 1 aromatic carbocycles. The van der Waals surface area contributed by atoms with Crippen LogP contribution in [0.2, 0.25) is 19.6 Å². The highest BCUT2D eigenvalue weighted by Gasteiger charge is 2.18. The average Bonchev–Trinajstić information content (AvgIpc) is 2.04. The van der Waals surface area contributed by atoms with Crippen molar-refractivity contribution in [1.29, 1.82) is 0 Å². The van der Waals surface area contributed by atoms with Crippen LogP contribution in [-0.2, 0) is 0 Å². The second-order valence-corrected chi connectivity index (χ2v) is 9.12. The minimum absolute atomic E-state index is 1.03. The summed E-state index contributed by atoms with van der Waals surface area (Å²) in [4.78, 5) is 0. The highest BCUT2D eigenvalue weighted by molar-refractivity contribution is 6.89. The van der Waals surface area contributed by atoms with Gasteiger partial charge in [-0.05, 0) is 5.56 Å². The van der Waals surface area contributed by atoms with E-state index in [1.165, 1.54) is 11.4 Å². The Hall–Kier alpha value is -1.09. The Kier molecular flexibility index (Phi) is 2.88. The SMILES string of the molecule is C[Si](C)(C)c1ccccc1/C=N\O. The monoisotopic (exact) mass is 193 g/mol. The summed E-state index contributed by atoms with van der Waals surface area (Å²) >= 11 is 0. The quantitative estimate of drug-likeness (QED) is 0.331. The number of rotatable bonds is 2. The summed E-state index contributed by atoms with van der Waals surface area (Å²) in [5, 5.41) is 12.9. The Labute approximate surface area is 79.9 Å². The van der Waals surface area contributed by atoms with Crippen LogP contribution in [0.5, 0.6) is 0 Å². The van der Waals surface area contributed by atoms with Crippen LogP contribution in [0.4, 0.5) is 0 Å². The third-order valence-corrected chi connectivity index (χ3v) is 4.04. The minimum Gasteiger partial charge on any atom is -0.411 e. The molecule has 1 rings (SSSR count). The summed E-state index contributed by atoms with van der Waals surface area (Å²) in [5.41, 5.74) is 1.03. The molecule has 1 aromatic rings. The Morgan fingerprint density at radius 2 is 1.85 bits per heavy atom. The maximum absolute atomic E-state index is 8.49. The summed E-state index contributed by atoms with van der Waals surface area (Å²) in [6.45, 7) is 6.82. The van der Waals surface area contributed by atoms with E-state index in [2.05, 4.69) is 30.9 Å². The van der Waals surface area contributed by atoms with Crippen molar-refractivity contribution in [2.24, 2.45) is 5.16 Å². The summed E-state index contributed by atoms with van der Waals surface area (Å²) in [7, 11) is -1.32. The van der Waals surface area contributed by atoms with Crippen LogP contribution in [0, 0.1) is 0 Å². The predicted molar refractivity (Wildman–Crippen MR) is 58.8 cm³/mol. The van der Waals surface area contributed by atoms with E-state index in [1.807, 2.05) is 18.2 Å². The van der Waals surface area contributed by atoms with E-state index in [0.29, 0.717) is 0 Å². The number of hydrogen-bond acceptors (Lipinski definition) is 2. The lowest BCUT2D eigenvalue weighted by molar-refractivity contribution is 0.322. The molecular formula is C10H15NOSi. The van der Waals surface area contributed by atoms with E-state index in [1.54, 1.807) is 0 Å². The Morgan fingerprint density at radius 1 is 1.23 bits per heavy atom. The Bertz CT molecular complexity index is 315. The van der Waals surface area contributed by atoms with Gasteiger partial charge in [0.05, 0.1) is 14.3 Å². The molecule has 13 heavy (non-hydrogen) atoms. The lowest BCUT2D eigenvalue weighted by Crippen LogP contribution is -2.39. The first-order chi connectivity index (χ1) is 6.05. The summed E-state index contributed by atoms with van der Waals surface area (Å²) in [6, 6.07) is 8.08. The zero-order valence-corrected chi connectivity index (χ0v) is 9.28. The maximum atomic E-state index is 8.49. The Morgan fingerprint density at radius 3 is 2.38 bits per heavy atom. The molecule has 0 saturated carbocycles. The maximum Gasteiger partial charge on any atom is 0.0784 e. The fourth-order valence-corrected chi connectivity index (χ4v) is 2.96. The van der Waals surface area contributed by atoms with Crippen molar-refractivity contribution in [3.05, 3.63) is 29.8 Å². The van der Waals surface area contributed by atoms with Gasteiger partial charge in [0.2, 0.25) is 0 Å². The molecular weight excluding hydrogens is 178 g/mol. The molecule has 0 amide bonds. The van der Waals surface area contributed by atoms with Crippen molar-refractivity contribution in [2.45, 2.75) is 19.6 Å². The second kappa shape index (κ2) is 3.74.